The second-order valence-electron chi connectivity index (χ2n) is 15.4. The van der Waals surface area contributed by atoms with E-state index in [-0.39, 0.29) is 19.3 Å². The number of carbonyl (C=O) groups is 2. The quantitative estimate of drug-likeness (QED) is 0.0108. The van der Waals surface area contributed by atoms with Crippen molar-refractivity contribution in [2.75, 3.05) is 13.2 Å². The van der Waals surface area contributed by atoms with Crippen molar-refractivity contribution in [2.45, 2.75) is 185 Å². The molecule has 1 aliphatic carbocycles. The van der Waals surface area contributed by atoms with Gasteiger partial charge in [0.1, 0.15) is 43.2 Å². The molecule has 0 aromatic carbocycles. The van der Waals surface area contributed by atoms with E-state index in [2.05, 4.69) is 68.5 Å². The smallest absolute Gasteiger partial charge is 0.462 e. The lowest BCUT2D eigenvalue weighted by Gasteiger charge is -2.41. The van der Waals surface area contributed by atoms with Gasteiger partial charge in [0.05, 0.1) is 12.7 Å². The molecule has 0 amide bonds. The molecule has 0 aromatic heterocycles. The van der Waals surface area contributed by atoms with E-state index < -0.39 is 81.8 Å². The molecular formula is C47H77O14P. The summed E-state index contributed by atoms with van der Waals surface area (Å²) in [5.41, 5.74) is 0. The van der Waals surface area contributed by atoms with Gasteiger partial charge in [0, 0.05) is 12.8 Å². The predicted octanol–water partition coefficient (Wildman–Crippen LogP) is 7.47. The van der Waals surface area contributed by atoms with Crippen molar-refractivity contribution < 1.29 is 68.2 Å². The van der Waals surface area contributed by atoms with Crippen LogP contribution in [0.1, 0.15) is 136 Å². The van der Waals surface area contributed by atoms with Crippen molar-refractivity contribution in [3.05, 3.63) is 85.1 Å². The van der Waals surface area contributed by atoms with Crippen LogP contribution in [0.4, 0.5) is 0 Å². The molecule has 1 saturated carbocycles. The summed E-state index contributed by atoms with van der Waals surface area (Å²) in [6.45, 7) is 2.94. The van der Waals surface area contributed by atoms with Crippen molar-refractivity contribution in [1.29, 1.82) is 0 Å². The highest BCUT2D eigenvalue weighted by Crippen LogP contribution is 2.47. The van der Waals surface area contributed by atoms with Crippen molar-refractivity contribution in [2.24, 2.45) is 0 Å². The standard InChI is InChI=1S/C47H77O14P/c1-3-5-7-9-11-13-15-17-18-19-21-22-24-26-28-30-32-38(48)34-35-41(50)60-39(37-59-62(56,57)61-47-45(54)43(52)42(51)44(53)46(47)55)36-58-40(49)33-31-29-27-25-23-20-16-14-12-10-8-6-4-2/h5,7,11,13-14,16-18,21-22,26,28,30,32,38-39,42-48,51-55H,3-4,6,8-10,12,15,19-20,23-25,27,29,31,33-37H2,1-2H3,(H,56,57)/b7-5-,13-11-,16-14-,18-17-,22-21-,28-26-,32-30-/t38?,39-,42?,43-,44+,45-,46-,47?/m1/s1. The van der Waals surface area contributed by atoms with Crippen molar-refractivity contribution >= 4 is 19.8 Å². The number of unbranched alkanes of at least 4 members (excludes halogenated alkanes) is 9. The third-order valence-corrected chi connectivity index (χ3v) is 10.8. The Morgan fingerprint density at radius 2 is 1.11 bits per heavy atom. The lowest BCUT2D eigenvalue weighted by Crippen LogP contribution is -2.64. The van der Waals surface area contributed by atoms with Gasteiger partial charge in [0.15, 0.2) is 6.10 Å². The van der Waals surface area contributed by atoms with Crippen LogP contribution < -0.4 is 0 Å². The monoisotopic (exact) mass is 897 g/mol. The SMILES string of the molecule is CC/C=C\C/C=C\C/C=C\C/C=C\C/C=C\C=C/C(O)CCC(=O)O[C@H](COC(=O)CCCCCCC/C=C\CCCCCC)COP(=O)(O)OC1[C@H](O)[C@H](O)C(O)[C@H](O)[C@H]1O. The van der Waals surface area contributed by atoms with E-state index in [1.807, 2.05) is 12.2 Å². The summed E-state index contributed by atoms with van der Waals surface area (Å²) in [5.74, 6) is -1.40. The average molecular weight is 897 g/mol. The molecule has 354 valence electrons. The Morgan fingerprint density at radius 3 is 1.69 bits per heavy atom. The number of hydrogen-bond acceptors (Lipinski definition) is 13. The van der Waals surface area contributed by atoms with E-state index in [0.717, 1.165) is 64.2 Å². The number of esters is 2. The van der Waals surface area contributed by atoms with Crippen LogP contribution in [0, 0.1) is 0 Å². The lowest BCUT2D eigenvalue weighted by molar-refractivity contribution is -0.220. The van der Waals surface area contributed by atoms with Crippen LogP contribution in [-0.4, -0.2) is 110 Å². The lowest BCUT2D eigenvalue weighted by atomic mass is 9.85. The van der Waals surface area contributed by atoms with E-state index >= 15 is 0 Å². The van der Waals surface area contributed by atoms with Gasteiger partial charge < -0.3 is 45.0 Å². The van der Waals surface area contributed by atoms with Gasteiger partial charge in [-0.05, 0) is 70.6 Å². The summed E-state index contributed by atoms with van der Waals surface area (Å²) in [4.78, 5) is 35.7. The molecule has 4 unspecified atom stereocenters. The first-order valence-corrected chi connectivity index (χ1v) is 24.0. The van der Waals surface area contributed by atoms with Crippen LogP contribution in [0.5, 0.6) is 0 Å². The molecule has 0 aliphatic heterocycles. The summed E-state index contributed by atoms with van der Waals surface area (Å²) in [5, 5.41) is 60.5. The second-order valence-corrected chi connectivity index (χ2v) is 16.8. The van der Waals surface area contributed by atoms with Crippen molar-refractivity contribution in [3.8, 4) is 0 Å². The first-order chi connectivity index (χ1) is 29.8. The summed E-state index contributed by atoms with van der Waals surface area (Å²) in [6, 6.07) is 0. The zero-order valence-corrected chi connectivity index (χ0v) is 37.9. The fourth-order valence-electron chi connectivity index (χ4n) is 6.15. The highest BCUT2D eigenvalue weighted by Gasteiger charge is 2.51. The van der Waals surface area contributed by atoms with E-state index in [1.54, 1.807) is 12.2 Å². The fourth-order valence-corrected chi connectivity index (χ4v) is 7.13. The van der Waals surface area contributed by atoms with Crippen LogP contribution >= 0.6 is 7.82 Å². The molecule has 14 nitrogen and oxygen atoms in total. The van der Waals surface area contributed by atoms with E-state index in [4.69, 9.17) is 18.5 Å². The summed E-state index contributed by atoms with van der Waals surface area (Å²) in [6.07, 6.45) is 29.6. The maximum atomic E-state index is 12.8. The normalized spacial score (nSPS) is 23.2. The minimum atomic E-state index is -5.19. The van der Waals surface area contributed by atoms with Gasteiger partial charge in [0.2, 0.25) is 0 Å². The van der Waals surface area contributed by atoms with Gasteiger partial charge in [-0.1, -0.05) is 137 Å². The predicted molar refractivity (Wildman–Crippen MR) is 241 cm³/mol. The first kappa shape index (κ1) is 57.0. The molecule has 0 heterocycles. The van der Waals surface area contributed by atoms with Crippen LogP contribution in [0.15, 0.2) is 85.1 Å². The molecule has 1 rings (SSSR count). The molecule has 9 atom stereocenters. The van der Waals surface area contributed by atoms with Gasteiger partial charge in [-0.15, -0.1) is 0 Å². The molecule has 1 aliphatic rings. The number of allylic oxidation sites excluding steroid dienone is 13. The molecular weight excluding hydrogens is 819 g/mol. The largest absolute Gasteiger partial charge is 0.472 e. The van der Waals surface area contributed by atoms with E-state index in [9.17, 15) is 49.7 Å². The number of aliphatic hydroxyl groups excluding tert-OH is 6. The van der Waals surface area contributed by atoms with E-state index in [1.165, 1.54) is 31.8 Å². The number of hydrogen-bond donors (Lipinski definition) is 7. The Balaban J connectivity index is 2.60. The average Bonchev–Trinajstić information content (AvgIpc) is 3.25. The third kappa shape index (κ3) is 28.6. The number of rotatable bonds is 35. The van der Waals surface area contributed by atoms with Gasteiger partial charge in [0.25, 0.3) is 0 Å². The fraction of sp³-hybridized carbons (Fsp3) is 0.660. The van der Waals surface area contributed by atoms with E-state index in [0.29, 0.717) is 12.8 Å². The zero-order valence-electron chi connectivity index (χ0n) is 37.0. The van der Waals surface area contributed by atoms with Gasteiger partial charge in [-0.2, -0.15) is 0 Å². The maximum absolute atomic E-state index is 12.8. The summed E-state index contributed by atoms with van der Waals surface area (Å²) >= 11 is 0. The number of aliphatic hydroxyl groups is 6. The molecule has 15 heteroatoms. The Kier molecular flexibility index (Phi) is 33.4. The van der Waals surface area contributed by atoms with Crippen LogP contribution in [-0.2, 0) is 32.7 Å². The number of phosphoric acid groups is 1. The molecule has 0 bridgehead atoms. The highest BCUT2D eigenvalue weighted by atomic mass is 31.2. The Morgan fingerprint density at radius 1 is 0.597 bits per heavy atom. The molecule has 0 saturated heterocycles. The molecule has 0 aromatic rings. The van der Waals surface area contributed by atoms with Crippen LogP contribution in [0.3, 0.4) is 0 Å². The Hall–Kier alpha value is -3.01. The second kappa shape index (κ2) is 36.3. The maximum Gasteiger partial charge on any atom is 0.472 e. The van der Waals surface area contributed by atoms with Gasteiger partial charge >= 0.3 is 19.8 Å². The topological polar surface area (TPSA) is 230 Å². The third-order valence-electron chi connectivity index (χ3n) is 9.84. The van der Waals surface area contributed by atoms with Gasteiger partial charge in [-0.3, -0.25) is 18.6 Å². The summed E-state index contributed by atoms with van der Waals surface area (Å²) < 4.78 is 33.3. The van der Waals surface area contributed by atoms with Crippen molar-refractivity contribution in [3.63, 3.8) is 0 Å². The van der Waals surface area contributed by atoms with Gasteiger partial charge in [-0.25, -0.2) is 4.57 Å². The first-order valence-electron chi connectivity index (χ1n) is 22.5. The molecule has 0 radical (unpaired) electrons. The molecule has 62 heavy (non-hydrogen) atoms. The number of phosphoric ester groups is 1. The summed E-state index contributed by atoms with van der Waals surface area (Å²) in [7, 11) is -5.19. The minimum Gasteiger partial charge on any atom is -0.462 e. The number of carbonyl (C=O) groups excluding carboxylic acids is 2. The van der Waals surface area contributed by atoms with Crippen LogP contribution in [0.2, 0.25) is 0 Å². The highest BCUT2D eigenvalue weighted by molar-refractivity contribution is 7.47. The van der Waals surface area contributed by atoms with Crippen molar-refractivity contribution in [1.82, 2.24) is 0 Å². The number of ether oxygens (including phenoxy) is 2. The Labute approximate surface area is 370 Å². The molecule has 1 fully saturated rings. The minimum absolute atomic E-state index is 0.0156. The van der Waals surface area contributed by atoms with Crippen LogP contribution in [0.25, 0.3) is 0 Å². The Bertz CT molecular complexity index is 1420. The zero-order chi connectivity index (χ0) is 45.9. The molecule has 0 spiro atoms. The molecule has 7 N–H and O–H groups in total.